The predicted molar refractivity (Wildman–Crippen MR) is 52.3 cm³/mol. The van der Waals surface area contributed by atoms with E-state index in [-0.39, 0.29) is 11.8 Å². The Balaban J connectivity index is 3.92. The fourth-order valence-corrected chi connectivity index (χ4v) is 1.09. The van der Waals surface area contributed by atoms with Gasteiger partial charge in [-0.25, -0.2) is 0 Å². The van der Waals surface area contributed by atoms with Gasteiger partial charge in [0, 0.05) is 27.2 Å². The van der Waals surface area contributed by atoms with Crippen LogP contribution in [-0.2, 0) is 9.53 Å². The largest absolute Gasteiger partial charge is 0.383 e. The molecule has 4 nitrogen and oxygen atoms in total. The highest BCUT2D eigenvalue weighted by Gasteiger charge is 2.17. The van der Waals surface area contributed by atoms with Crippen LogP contribution in [0.3, 0.4) is 0 Å². The Morgan fingerprint density at radius 2 is 2.23 bits per heavy atom. The molecule has 0 heterocycles. The van der Waals surface area contributed by atoms with Crippen LogP contribution >= 0.6 is 0 Å². The summed E-state index contributed by atoms with van der Waals surface area (Å²) in [6.07, 6.45) is 0.798. The number of ether oxygens (including phenoxy) is 1. The third kappa shape index (κ3) is 4.24. The van der Waals surface area contributed by atoms with E-state index in [0.717, 1.165) is 6.42 Å². The molecule has 0 radical (unpaired) electrons. The molecule has 0 aliphatic carbocycles. The van der Waals surface area contributed by atoms with Gasteiger partial charge >= 0.3 is 0 Å². The molecule has 0 rings (SSSR count). The summed E-state index contributed by atoms with van der Waals surface area (Å²) < 4.78 is 4.88. The van der Waals surface area contributed by atoms with Crippen LogP contribution in [0.25, 0.3) is 0 Å². The maximum absolute atomic E-state index is 11.6. The van der Waals surface area contributed by atoms with Gasteiger partial charge in [0.2, 0.25) is 5.91 Å². The zero-order valence-corrected chi connectivity index (χ0v) is 8.75. The van der Waals surface area contributed by atoms with Gasteiger partial charge in [-0.2, -0.15) is 0 Å². The summed E-state index contributed by atoms with van der Waals surface area (Å²) in [6, 6.07) is 0. The average molecular weight is 188 g/mol. The fourth-order valence-electron chi connectivity index (χ4n) is 1.09. The molecule has 78 valence electrons. The molecule has 0 spiro atoms. The van der Waals surface area contributed by atoms with Crippen molar-refractivity contribution in [3.8, 4) is 0 Å². The maximum atomic E-state index is 11.6. The average Bonchev–Trinajstić information content (AvgIpc) is 2.15. The van der Waals surface area contributed by atoms with E-state index in [4.69, 9.17) is 10.5 Å². The van der Waals surface area contributed by atoms with Gasteiger partial charge < -0.3 is 15.4 Å². The number of methoxy groups -OCH3 is 1. The number of carbonyl (C=O) groups is 1. The van der Waals surface area contributed by atoms with Crippen LogP contribution in [0, 0.1) is 5.92 Å². The van der Waals surface area contributed by atoms with Gasteiger partial charge in [-0.3, -0.25) is 4.79 Å². The van der Waals surface area contributed by atoms with E-state index in [0.29, 0.717) is 19.7 Å². The van der Waals surface area contributed by atoms with Crippen molar-refractivity contribution in [2.24, 2.45) is 11.7 Å². The van der Waals surface area contributed by atoms with E-state index in [2.05, 4.69) is 0 Å². The normalized spacial score (nSPS) is 12.6. The molecule has 0 saturated carbocycles. The van der Waals surface area contributed by atoms with Crippen molar-refractivity contribution in [2.45, 2.75) is 13.3 Å². The molecule has 0 saturated heterocycles. The summed E-state index contributed by atoms with van der Waals surface area (Å²) in [6.45, 7) is 3.60. The van der Waals surface area contributed by atoms with E-state index in [1.54, 1.807) is 19.1 Å². The molecule has 4 heteroatoms. The van der Waals surface area contributed by atoms with E-state index >= 15 is 0 Å². The molecule has 0 aromatic rings. The lowest BCUT2D eigenvalue weighted by atomic mass is 10.1. The first-order valence-corrected chi connectivity index (χ1v) is 4.61. The Bertz CT molecular complexity index is 147. The number of nitrogens with zero attached hydrogens (tertiary/aromatic N) is 1. The molecule has 13 heavy (non-hydrogen) atoms. The summed E-state index contributed by atoms with van der Waals surface area (Å²) in [7, 11) is 3.40. The third-order valence-corrected chi connectivity index (χ3v) is 2.13. The van der Waals surface area contributed by atoms with E-state index in [1.165, 1.54) is 0 Å². The zero-order valence-electron chi connectivity index (χ0n) is 8.75. The van der Waals surface area contributed by atoms with Gasteiger partial charge in [0.15, 0.2) is 0 Å². The summed E-state index contributed by atoms with van der Waals surface area (Å²) in [4.78, 5) is 13.3. The Hall–Kier alpha value is -0.610. The lowest BCUT2D eigenvalue weighted by molar-refractivity contribution is -0.134. The van der Waals surface area contributed by atoms with Crippen LogP contribution in [0.5, 0.6) is 0 Å². The minimum Gasteiger partial charge on any atom is -0.383 e. The third-order valence-electron chi connectivity index (χ3n) is 2.13. The molecule has 1 atom stereocenters. The molecule has 0 aromatic carbocycles. The van der Waals surface area contributed by atoms with Crippen LogP contribution in [0.4, 0.5) is 0 Å². The van der Waals surface area contributed by atoms with Crippen LogP contribution < -0.4 is 5.73 Å². The number of amides is 1. The first-order valence-electron chi connectivity index (χ1n) is 4.61. The Morgan fingerprint density at radius 3 is 2.62 bits per heavy atom. The molecule has 0 aliphatic rings. The van der Waals surface area contributed by atoms with Crippen molar-refractivity contribution in [1.82, 2.24) is 4.90 Å². The fraction of sp³-hybridized carbons (Fsp3) is 0.889. The monoisotopic (exact) mass is 188 g/mol. The van der Waals surface area contributed by atoms with Gasteiger partial charge in [0.1, 0.15) is 0 Å². The van der Waals surface area contributed by atoms with Crippen molar-refractivity contribution in [1.29, 1.82) is 0 Å². The second kappa shape index (κ2) is 6.86. The Labute approximate surface area is 80.0 Å². The molecule has 0 aliphatic heterocycles. The Kier molecular flexibility index (Phi) is 6.54. The number of rotatable bonds is 6. The number of nitrogens with two attached hydrogens (primary N) is 1. The Morgan fingerprint density at radius 1 is 1.62 bits per heavy atom. The van der Waals surface area contributed by atoms with Crippen LogP contribution in [-0.4, -0.2) is 44.7 Å². The minimum atomic E-state index is -0.0399. The van der Waals surface area contributed by atoms with Crippen LogP contribution in [0.1, 0.15) is 13.3 Å². The standard InChI is InChI=1S/C9H20N2O2/c1-4-8(7-10)9(12)11(2)5-6-13-3/h8H,4-7,10H2,1-3H3. The van der Waals surface area contributed by atoms with Crippen molar-refractivity contribution in [3.63, 3.8) is 0 Å². The number of likely N-dealkylation sites (N-methyl/N-ethyl adjacent to an activating group) is 1. The summed E-state index contributed by atoms with van der Waals surface area (Å²) in [5, 5.41) is 0. The highest BCUT2D eigenvalue weighted by molar-refractivity contribution is 5.78. The maximum Gasteiger partial charge on any atom is 0.226 e. The van der Waals surface area contributed by atoms with Crippen molar-refractivity contribution >= 4 is 5.91 Å². The summed E-state index contributed by atoms with van der Waals surface area (Å²) in [5.74, 6) is 0.0731. The molecule has 0 bridgehead atoms. The topological polar surface area (TPSA) is 55.6 Å². The molecule has 0 aromatic heterocycles. The number of hydrogen-bond donors (Lipinski definition) is 1. The number of carbonyl (C=O) groups excluding carboxylic acids is 1. The van der Waals surface area contributed by atoms with Gasteiger partial charge in [-0.05, 0) is 6.42 Å². The predicted octanol–water partition coefficient (Wildman–Crippen LogP) is 0.0761. The molecule has 1 unspecified atom stereocenters. The van der Waals surface area contributed by atoms with E-state index in [1.807, 2.05) is 6.92 Å². The van der Waals surface area contributed by atoms with E-state index < -0.39 is 0 Å². The van der Waals surface area contributed by atoms with E-state index in [9.17, 15) is 4.79 Å². The van der Waals surface area contributed by atoms with Gasteiger partial charge in [-0.1, -0.05) is 6.92 Å². The smallest absolute Gasteiger partial charge is 0.226 e. The van der Waals surface area contributed by atoms with Crippen molar-refractivity contribution < 1.29 is 9.53 Å². The second-order valence-electron chi connectivity index (χ2n) is 3.09. The van der Waals surface area contributed by atoms with Gasteiger partial charge in [0.05, 0.1) is 12.5 Å². The quantitative estimate of drug-likeness (QED) is 0.642. The van der Waals surface area contributed by atoms with Crippen LogP contribution in [0.15, 0.2) is 0 Å². The molecule has 2 N–H and O–H groups in total. The van der Waals surface area contributed by atoms with Crippen LogP contribution in [0.2, 0.25) is 0 Å². The molecule has 0 fully saturated rings. The molecular weight excluding hydrogens is 168 g/mol. The lowest BCUT2D eigenvalue weighted by Crippen LogP contribution is -2.38. The summed E-state index contributed by atoms with van der Waals surface area (Å²) in [5.41, 5.74) is 5.47. The number of hydrogen-bond acceptors (Lipinski definition) is 3. The first kappa shape index (κ1) is 12.4. The first-order chi connectivity index (χ1) is 6.17. The SMILES string of the molecule is CCC(CN)C(=O)N(C)CCOC. The van der Waals surface area contributed by atoms with Crippen molar-refractivity contribution in [3.05, 3.63) is 0 Å². The second-order valence-corrected chi connectivity index (χ2v) is 3.09. The zero-order chi connectivity index (χ0) is 10.3. The molecule has 1 amide bonds. The minimum absolute atomic E-state index is 0.0399. The molecular formula is C9H20N2O2. The van der Waals surface area contributed by atoms with Gasteiger partial charge in [0.25, 0.3) is 0 Å². The van der Waals surface area contributed by atoms with Crippen molar-refractivity contribution in [2.75, 3.05) is 33.9 Å². The van der Waals surface area contributed by atoms with Gasteiger partial charge in [-0.15, -0.1) is 0 Å². The summed E-state index contributed by atoms with van der Waals surface area (Å²) >= 11 is 0. The highest BCUT2D eigenvalue weighted by atomic mass is 16.5. The highest BCUT2D eigenvalue weighted by Crippen LogP contribution is 2.04. The lowest BCUT2D eigenvalue weighted by Gasteiger charge is -2.21.